The van der Waals surface area contributed by atoms with Crippen LogP contribution in [0.25, 0.3) is 0 Å². The second kappa shape index (κ2) is 7.40. The number of benzene rings is 1. The van der Waals surface area contributed by atoms with Gasteiger partial charge in [0.15, 0.2) is 0 Å². The Bertz CT molecular complexity index is 353. The minimum atomic E-state index is -1.04. The van der Waals surface area contributed by atoms with Crippen LogP contribution in [-0.2, 0) is 16.1 Å². The summed E-state index contributed by atoms with van der Waals surface area (Å²) >= 11 is 0. The van der Waals surface area contributed by atoms with E-state index >= 15 is 0 Å². The van der Waals surface area contributed by atoms with E-state index in [2.05, 4.69) is 5.32 Å². The number of hydrogen-bond acceptors (Lipinski definition) is 4. The molecule has 0 aliphatic carbocycles. The van der Waals surface area contributed by atoms with Crippen molar-refractivity contribution in [2.45, 2.75) is 19.1 Å². The molecule has 0 saturated heterocycles. The SMILES string of the molecule is O=CC(O)CCNC(=O)OCc1ccccc1. The van der Waals surface area contributed by atoms with Crippen molar-refractivity contribution in [2.75, 3.05) is 6.54 Å². The molecular weight excluding hydrogens is 222 g/mol. The van der Waals surface area contributed by atoms with Gasteiger partial charge >= 0.3 is 6.09 Å². The Kier molecular flexibility index (Phi) is 5.74. The number of ether oxygens (including phenoxy) is 1. The summed E-state index contributed by atoms with van der Waals surface area (Å²) in [6.45, 7) is 0.399. The third-order valence-electron chi connectivity index (χ3n) is 2.08. The highest BCUT2D eigenvalue weighted by Gasteiger charge is 2.04. The molecule has 2 N–H and O–H groups in total. The topological polar surface area (TPSA) is 75.6 Å². The van der Waals surface area contributed by atoms with E-state index in [1.807, 2.05) is 30.3 Å². The summed E-state index contributed by atoms with van der Waals surface area (Å²) in [4.78, 5) is 21.3. The standard InChI is InChI=1S/C12H15NO4/c14-8-11(15)6-7-13-12(16)17-9-10-4-2-1-3-5-10/h1-5,8,11,15H,6-7,9H2,(H,13,16). The Morgan fingerprint density at radius 1 is 1.41 bits per heavy atom. The second-order valence-electron chi connectivity index (χ2n) is 3.48. The van der Waals surface area contributed by atoms with Gasteiger partial charge in [-0.2, -0.15) is 0 Å². The molecule has 17 heavy (non-hydrogen) atoms. The van der Waals surface area contributed by atoms with E-state index in [1.54, 1.807) is 0 Å². The summed E-state index contributed by atoms with van der Waals surface area (Å²) in [5.41, 5.74) is 0.899. The monoisotopic (exact) mass is 237 g/mol. The number of amides is 1. The maximum Gasteiger partial charge on any atom is 0.407 e. The lowest BCUT2D eigenvalue weighted by Gasteiger charge is -2.07. The van der Waals surface area contributed by atoms with Gasteiger partial charge in [0, 0.05) is 6.54 Å². The number of aldehydes is 1. The van der Waals surface area contributed by atoms with Gasteiger partial charge in [0.25, 0.3) is 0 Å². The number of carbonyl (C=O) groups excluding carboxylic acids is 2. The average molecular weight is 237 g/mol. The van der Waals surface area contributed by atoms with E-state index < -0.39 is 12.2 Å². The molecule has 1 aromatic rings. The largest absolute Gasteiger partial charge is 0.445 e. The van der Waals surface area contributed by atoms with Crippen LogP contribution in [0.4, 0.5) is 4.79 Å². The highest BCUT2D eigenvalue weighted by molar-refractivity contribution is 5.67. The normalized spacial score (nSPS) is 11.6. The van der Waals surface area contributed by atoms with Crippen LogP contribution in [0.2, 0.25) is 0 Å². The molecule has 1 unspecified atom stereocenters. The number of aliphatic hydroxyl groups is 1. The van der Waals surface area contributed by atoms with E-state index in [1.165, 1.54) is 0 Å². The first-order chi connectivity index (χ1) is 8.22. The Morgan fingerprint density at radius 3 is 2.76 bits per heavy atom. The molecule has 0 aliphatic rings. The van der Waals surface area contributed by atoms with Gasteiger partial charge in [-0.3, -0.25) is 0 Å². The van der Waals surface area contributed by atoms with Crippen molar-refractivity contribution in [1.82, 2.24) is 5.32 Å². The molecule has 1 amide bonds. The van der Waals surface area contributed by atoms with Crippen molar-refractivity contribution in [3.8, 4) is 0 Å². The molecule has 1 aromatic carbocycles. The van der Waals surface area contributed by atoms with Crippen molar-refractivity contribution < 1.29 is 19.4 Å². The first-order valence-corrected chi connectivity index (χ1v) is 5.30. The zero-order valence-electron chi connectivity index (χ0n) is 9.33. The van der Waals surface area contributed by atoms with Gasteiger partial charge < -0.3 is 20.0 Å². The highest BCUT2D eigenvalue weighted by Crippen LogP contribution is 2.00. The van der Waals surface area contributed by atoms with Crippen LogP contribution in [0.3, 0.4) is 0 Å². The highest BCUT2D eigenvalue weighted by atomic mass is 16.5. The lowest BCUT2D eigenvalue weighted by atomic mass is 10.2. The number of alkyl carbamates (subject to hydrolysis) is 1. The molecule has 5 nitrogen and oxygen atoms in total. The van der Waals surface area contributed by atoms with Gasteiger partial charge in [-0.25, -0.2) is 4.79 Å². The fourth-order valence-electron chi connectivity index (χ4n) is 1.16. The molecule has 0 aromatic heterocycles. The Labute approximate surface area is 99.4 Å². The summed E-state index contributed by atoms with van der Waals surface area (Å²) in [5.74, 6) is 0. The molecule has 0 fully saturated rings. The number of hydrogen-bond donors (Lipinski definition) is 2. The molecule has 0 radical (unpaired) electrons. The molecule has 0 spiro atoms. The lowest BCUT2D eigenvalue weighted by Crippen LogP contribution is -2.28. The van der Waals surface area contributed by atoms with Crippen LogP contribution < -0.4 is 5.32 Å². The van der Waals surface area contributed by atoms with E-state index in [9.17, 15) is 9.59 Å². The maximum absolute atomic E-state index is 11.2. The van der Waals surface area contributed by atoms with E-state index in [-0.39, 0.29) is 19.6 Å². The molecule has 0 heterocycles. The molecule has 92 valence electrons. The summed E-state index contributed by atoms with van der Waals surface area (Å²) < 4.78 is 4.92. The predicted octanol–water partition coefficient (Wildman–Crippen LogP) is 0.863. The summed E-state index contributed by atoms with van der Waals surface area (Å²) in [5, 5.41) is 11.4. The molecular formula is C12H15NO4. The zero-order chi connectivity index (χ0) is 12.5. The predicted molar refractivity (Wildman–Crippen MR) is 61.3 cm³/mol. The minimum Gasteiger partial charge on any atom is -0.445 e. The van der Waals surface area contributed by atoms with Crippen LogP contribution in [0.1, 0.15) is 12.0 Å². The summed E-state index contributed by atoms with van der Waals surface area (Å²) in [6, 6.07) is 9.30. The molecule has 1 atom stereocenters. The van der Waals surface area contributed by atoms with E-state index in [0.29, 0.717) is 6.29 Å². The van der Waals surface area contributed by atoms with Gasteiger partial charge in [-0.15, -0.1) is 0 Å². The minimum absolute atomic E-state index is 0.184. The summed E-state index contributed by atoms with van der Waals surface area (Å²) in [6.07, 6.45) is -0.989. The zero-order valence-corrected chi connectivity index (χ0v) is 9.33. The van der Waals surface area contributed by atoms with Gasteiger partial charge in [0.1, 0.15) is 19.0 Å². The number of nitrogens with one attached hydrogen (secondary N) is 1. The maximum atomic E-state index is 11.2. The van der Waals surface area contributed by atoms with Crippen molar-refractivity contribution >= 4 is 12.4 Å². The second-order valence-corrected chi connectivity index (χ2v) is 3.48. The fourth-order valence-corrected chi connectivity index (χ4v) is 1.16. The Hall–Kier alpha value is -1.88. The smallest absolute Gasteiger partial charge is 0.407 e. The summed E-state index contributed by atoms with van der Waals surface area (Å²) in [7, 11) is 0. The van der Waals surface area contributed by atoms with Crippen LogP contribution in [-0.4, -0.2) is 30.1 Å². The van der Waals surface area contributed by atoms with Crippen molar-refractivity contribution in [3.63, 3.8) is 0 Å². The molecule has 0 saturated carbocycles. The van der Waals surface area contributed by atoms with Crippen molar-refractivity contribution in [2.24, 2.45) is 0 Å². The third-order valence-corrected chi connectivity index (χ3v) is 2.08. The van der Waals surface area contributed by atoms with E-state index in [0.717, 1.165) is 5.56 Å². The van der Waals surface area contributed by atoms with Crippen molar-refractivity contribution in [1.29, 1.82) is 0 Å². The third kappa shape index (κ3) is 5.67. The van der Waals surface area contributed by atoms with Crippen LogP contribution in [0.5, 0.6) is 0 Å². The fraction of sp³-hybridized carbons (Fsp3) is 0.333. The van der Waals surface area contributed by atoms with Gasteiger partial charge in [-0.05, 0) is 12.0 Å². The lowest BCUT2D eigenvalue weighted by molar-refractivity contribution is -0.115. The number of carbonyl (C=O) groups is 2. The first kappa shape index (κ1) is 13.2. The average Bonchev–Trinajstić information content (AvgIpc) is 2.37. The Morgan fingerprint density at radius 2 is 2.12 bits per heavy atom. The molecule has 5 heteroatoms. The quantitative estimate of drug-likeness (QED) is 0.720. The van der Waals surface area contributed by atoms with Crippen LogP contribution in [0, 0.1) is 0 Å². The van der Waals surface area contributed by atoms with Gasteiger partial charge in [-0.1, -0.05) is 30.3 Å². The van der Waals surface area contributed by atoms with Crippen LogP contribution in [0.15, 0.2) is 30.3 Å². The number of aliphatic hydroxyl groups excluding tert-OH is 1. The molecule has 0 bridgehead atoms. The Balaban J connectivity index is 2.15. The van der Waals surface area contributed by atoms with Crippen LogP contribution >= 0.6 is 0 Å². The van der Waals surface area contributed by atoms with Gasteiger partial charge in [0.05, 0.1) is 0 Å². The van der Waals surface area contributed by atoms with Gasteiger partial charge in [0.2, 0.25) is 0 Å². The number of rotatable bonds is 6. The molecule has 0 aliphatic heterocycles. The molecule has 1 rings (SSSR count). The van der Waals surface area contributed by atoms with E-state index in [4.69, 9.17) is 9.84 Å². The van der Waals surface area contributed by atoms with Crippen molar-refractivity contribution in [3.05, 3.63) is 35.9 Å². The first-order valence-electron chi connectivity index (χ1n) is 5.30.